The monoisotopic (exact) mass is 452 g/mol. The van der Waals surface area contributed by atoms with Crippen LogP contribution in [0.5, 0.6) is 5.88 Å². The van der Waals surface area contributed by atoms with Crippen molar-refractivity contribution in [3.63, 3.8) is 0 Å². The highest BCUT2D eigenvalue weighted by molar-refractivity contribution is 5.85. The molecule has 0 saturated carbocycles. The smallest absolute Gasteiger partial charge is 0.280 e. The predicted octanol–water partition coefficient (Wildman–Crippen LogP) is 4.89. The van der Waals surface area contributed by atoms with E-state index in [1.165, 1.54) is 30.3 Å². The van der Waals surface area contributed by atoms with Crippen LogP contribution < -0.4 is 10.5 Å². The third-order valence-corrected chi connectivity index (χ3v) is 5.42. The van der Waals surface area contributed by atoms with Gasteiger partial charge in [-0.3, -0.25) is 4.98 Å². The lowest BCUT2D eigenvalue weighted by molar-refractivity contribution is 0.146. The number of benzene rings is 1. The number of rotatable bonds is 5. The normalized spacial score (nSPS) is 15.1. The molecule has 1 aliphatic rings. The van der Waals surface area contributed by atoms with Crippen LogP contribution in [0.2, 0.25) is 0 Å². The summed E-state index contributed by atoms with van der Waals surface area (Å²) in [5.41, 5.74) is 7.65. The summed E-state index contributed by atoms with van der Waals surface area (Å²) in [6.07, 6.45) is 1.05. The number of nitrogens with two attached hydrogens (primary N) is 1. The van der Waals surface area contributed by atoms with Crippen molar-refractivity contribution >= 4 is 5.95 Å². The molecular weight excluding hydrogens is 433 g/mol. The molecule has 4 aromatic rings. The number of ether oxygens (including phenoxy) is 1. The zero-order valence-corrected chi connectivity index (χ0v) is 17.5. The Bertz CT molecular complexity index is 1320. The van der Waals surface area contributed by atoms with Gasteiger partial charge in [-0.25, -0.2) is 23.1 Å². The molecule has 1 aromatic carbocycles. The summed E-state index contributed by atoms with van der Waals surface area (Å²) < 4.78 is 48.9. The second-order valence-electron chi connectivity index (χ2n) is 7.71. The Labute approximate surface area is 187 Å². The van der Waals surface area contributed by atoms with Gasteiger partial charge in [0.15, 0.2) is 6.10 Å². The van der Waals surface area contributed by atoms with E-state index in [4.69, 9.17) is 10.5 Å². The Kier molecular flexibility index (Phi) is 5.20. The van der Waals surface area contributed by atoms with Crippen LogP contribution in [0.1, 0.15) is 36.2 Å². The number of fused-ring (bicyclic) bond motifs is 1. The SMILES string of the molecule is Cc1cc(-c2c(OC3CCn4ccnc43)nc(N)nc2-c2ccc(F)cc2)cc(C(F)F)n1. The van der Waals surface area contributed by atoms with Gasteiger partial charge in [0.25, 0.3) is 6.43 Å². The number of aromatic nitrogens is 5. The average Bonchev–Trinajstić information content (AvgIpc) is 3.38. The minimum Gasteiger partial charge on any atom is -0.466 e. The zero-order chi connectivity index (χ0) is 23.1. The third kappa shape index (κ3) is 3.99. The number of nitrogens with zero attached hydrogens (tertiary/aromatic N) is 5. The van der Waals surface area contributed by atoms with Gasteiger partial charge in [0.2, 0.25) is 11.8 Å². The van der Waals surface area contributed by atoms with Gasteiger partial charge in [-0.2, -0.15) is 4.98 Å². The molecule has 0 fully saturated rings. The third-order valence-electron chi connectivity index (χ3n) is 5.42. The van der Waals surface area contributed by atoms with Crippen molar-refractivity contribution in [3.8, 4) is 28.3 Å². The molecule has 0 spiro atoms. The summed E-state index contributed by atoms with van der Waals surface area (Å²) >= 11 is 0. The van der Waals surface area contributed by atoms with Crippen molar-refractivity contribution in [2.45, 2.75) is 32.4 Å². The summed E-state index contributed by atoms with van der Waals surface area (Å²) in [5.74, 6) is 0.389. The number of alkyl halides is 2. The first-order valence-corrected chi connectivity index (χ1v) is 10.3. The van der Waals surface area contributed by atoms with Crippen LogP contribution in [0.15, 0.2) is 48.8 Å². The number of aryl methyl sites for hydroxylation is 2. The second kappa shape index (κ2) is 8.19. The quantitative estimate of drug-likeness (QED) is 0.463. The lowest BCUT2D eigenvalue weighted by Crippen LogP contribution is -2.10. The maximum atomic E-state index is 13.6. The van der Waals surface area contributed by atoms with Gasteiger partial charge in [-0.15, -0.1) is 0 Å². The van der Waals surface area contributed by atoms with Crippen LogP contribution in [0.3, 0.4) is 0 Å². The summed E-state index contributed by atoms with van der Waals surface area (Å²) in [6.45, 7) is 2.35. The highest BCUT2D eigenvalue weighted by Crippen LogP contribution is 2.41. The van der Waals surface area contributed by atoms with Crippen LogP contribution in [0.4, 0.5) is 19.1 Å². The maximum Gasteiger partial charge on any atom is 0.280 e. The number of nitrogen functional groups attached to an aromatic ring is 1. The molecule has 3 aromatic heterocycles. The van der Waals surface area contributed by atoms with E-state index in [0.717, 1.165) is 12.4 Å². The fourth-order valence-corrected chi connectivity index (χ4v) is 4.00. The highest BCUT2D eigenvalue weighted by Gasteiger charge is 2.29. The minimum absolute atomic E-state index is 0.0609. The molecule has 1 unspecified atom stereocenters. The van der Waals surface area contributed by atoms with Gasteiger partial charge in [0.05, 0.1) is 11.3 Å². The van der Waals surface area contributed by atoms with Crippen molar-refractivity contribution in [2.24, 2.45) is 0 Å². The van der Waals surface area contributed by atoms with Crippen LogP contribution >= 0.6 is 0 Å². The lowest BCUT2D eigenvalue weighted by atomic mass is 9.99. The number of imidazole rings is 1. The molecule has 1 aliphatic heterocycles. The first-order chi connectivity index (χ1) is 15.9. The summed E-state index contributed by atoms with van der Waals surface area (Å²) in [7, 11) is 0. The van der Waals surface area contributed by atoms with Gasteiger partial charge in [0, 0.05) is 36.6 Å². The van der Waals surface area contributed by atoms with Gasteiger partial charge >= 0.3 is 0 Å². The van der Waals surface area contributed by atoms with E-state index in [1.54, 1.807) is 19.2 Å². The first-order valence-electron chi connectivity index (χ1n) is 10.3. The van der Waals surface area contributed by atoms with Crippen molar-refractivity contribution in [1.82, 2.24) is 24.5 Å². The van der Waals surface area contributed by atoms with Crippen LogP contribution in [0.25, 0.3) is 22.4 Å². The Morgan fingerprint density at radius 3 is 2.64 bits per heavy atom. The Hall–Kier alpha value is -3.95. The highest BCUT2D eigenvalue weighted by atomic mass is 19.3. The molecule has 10 heteroatoms. The van der Waals surface area contributed by atoms with Gasteiger partial charge in [-0.05, 0) is 48.9 Å². The first kappa shape index (κ1) is 20.9. The second-order valence-corrected chi connectivity index (χ2v) is 7.71. The minimum atomic E-state index is -2.76. The fourth-order valence-electron chi connectivity index (χ4n) is 4.00. The largest absolute Gasteiger partial charge is 0.466 e. The van der Waals surface area contributed by atoms with E-state index in [2.05, 4.69) is 19.9 Å². The van der Waals surface area contributed by atoms with Gasteiger partial charge in [-0.1, -0.05) is 0 Å². The molecule has 0 saturated heterocycles. The van der Waals surface area contributed by atoms with Crippen molar-refractivity contribution < 1.29 is 17.9 Å². The van der Waals surface area contributed by atoms with Crippen LogP contribution in [-0.2, 0) is 6.54 Å². The van der Waals surface area contributed by atoms with Crippen molar-refractivity contribution in [3.05, 3.63) is 71.8 Å². The lowest BCUT2D eigenvalue weighted by Gasteiger charge is -2.19. The number of pyridine rings is 1. The molecule has 7 nitrogen and oxygen atoms in total. The summed E-state index contributed by atoms with van der Waals surface area (Å²) in [4.78, 5) is 16.9. The molecule has 5 rings (SSSR count). The maximum absolute atomic E-state index is 13.6. The topological polar surface area (TPSA) is 91.7 Å². The van der Waals surface area contributed by atoms with Crippen LogP contribution in [0, 0.1) is 12.7 Å². The molecule has 0 aliphatic carbocycles. The van der Waals surface area contributed by atoms with E-state index < -0.39 is 18.3 Å². The molecule has 1 atom stereocenters. The molecular formula is C23H19F3N6O. The summed E-state index contributed by atoms with van der Waals surface area (Å²) in [5, 5.41) is 0. The molecule has 0 radical (unpaired) electrons. The average molecular weight is 452 g/mol. The predicted molar refractivity (Wildman–Crippen MR) is 115 cm³/mol. The van der Waals surface area contributed by atoms with Gasteiger partial charge < -0.3 is 15.0 Å². The Balaban J connectivity index is 1.71. The van der Waals surface area contributed by atoms with E-state index in [9.17, 15) is 13.2 Å². The number of anilines is 1. The number of hydrogen-bond acceptors (Lipinski definition) is 6. The number of halogens is 3. The molecule has 2 N–H and O–H groups in total. The molecule has 0 amide bonds. The van der Waals surface area contributed by atoms with E-state index in [-0.39, 0.29) is 17.5 Å². The fraction of sp³-hybridized carbons (Fsp3) is 0.217. The number of hydrogen-bond donors (Lipinski definition) is 1. The molecule has 0 bridgehead atoms. The van der Waals surface area contributed by atoms with Crippen LogP contribution in [-0.4, -0.2) is 24.5 Å². The van der Waals surface area contributed by atoms with E-state index in [1.807, 2.05) is 10.8 Å². The molecule has 168 valence electrons. The van der Waals surface area contributed by atoms with Crippen molar-refractivity contribution in [2.75, 3.05) is 5.73 Å². The molecule has 4 heterocycles. The van der Waals surface area contributed by atoms with E-state index in [0.29, 0.717) is 34.5 Å². The van der Waals surface area contributed by atoms with Gasteiger partial charge in [0.1, 0.15) is 17.3 Å². The zero-order valence-electron chi connectivity index (χ0n) is 17.5. The van der Waals surface area contributed by atoms with Crippen molar-refractivity contribution in [1.29, 1.82) is 0 Å². The molecule has 33 heavy (non-hydrogen) atoms. The standard InChI is InChI=1S/C23H19F3N6O/c1-12-10-14(11-16(29-12)20(25)26)18-19(13-2-4-15(24)5-3-13)30-23(27)31-22(18)33-17-6-8-32-9-7-28-21(17)32/h2-5,7,9-11,17,20H,6,8H2,1H3,(H2,27,30,31). The summed E-state index contributed by atoms with van der Waals surface area (Å²) in [6, 6.07) is 8.57. The van der Waals surface area contributed by atoms with E-state index >= 15 is 0 Å². The Morgan fingerprint density at radius 2 is 1.88 bits per heavy atom. The Morgan fingerprint density at radius 1 is 1.09 bits per heavy atom.